The number of carboxylic acid groups (broad SMARTS) is 1. The van der Waals surface area contributed by atoms with Crippen LogP contribution in [-0.2, 0) is 21.0 Å². The Morgan fingerprint density at radius 2 is 1.82 bits per heavy atom. The first-order valence-corrected chi connectivity index (χ1v) is 12.7. The van der Waals surface area contributed by atoms with Crippen LogP contribution in [0.25, 0.3) is 11.1 Å². The van der Waals surface area contributed by atoms with Gasteiger partial charge in [0, 0.05) is 12.5 Å². The standard InChI is InChI=1S/C25H19F6NO6S/c26-17-8-15(9-19(12-17)38-24(27)28)14-4-6-22-21(10-14)32(13-18(37-22)5-7-23(33)34)39(35,36)20-3-1-2-16(11-20)25(29,30)31/h1-4,6,8-12,18,24H,5,7,13H2,(H,33,34). The van der Waals surface area contributed by atoms with E-state index in [2.05, 4.69) is 4.74 Å². The van der Waals surface area contributed by atoms with Gasteiger partial charge in [0.05, 0.1) is 22.7 Å². The number of hydrogen-bond acceptors (Lipinski definition) is 5. The number of sulfonamides is 1. The maximum absolute atomic E-state index is 14.1. The number of benzene rings is 3. The van der Waals surface area contributed by atoms with Crippen LogP contribution in [0.5, 0.6) is 11.5 Å². The topological polar surface area (TPSA) is 93.1 Å². The zero-order chi connectivity index (χ0) is 28.5. The van der Waals surface area contributed by atoms with Crippen LogP contribution in [0.15, 0.2) is 65.6 Å². The first-order valence-electron chi connectivity index (χ1n) is 11.2. The summed E-state index contributed by atoms with van der Waals surface area (Å²) in [6.07, 6.45) is -6.25. The van der Waals surface area contributed by atoms with Crippen molar-refractivity contribution >= 4 is 21.7 Å². The highest BCUT2D eigenvalue weighted by Gasteiger charge is 2.37. The van der Waals surface area contributed by atoms with E-state index in [1.54, 1.807) is 0 Å². The highest BCUT2D eigenvalue weighted by molar-refractivity contribution is 7.92. The van der Waals surface area contributed by atoms with Gasteiger partial charge >= 0.3 is 18.8 Å². The van der Waals surface area contributed by atoms with E-state index in [1.165, 1.54) is 18.2 Å². The third-order valence-corrected chi connectivity index (χ3v) is 7.53. The summed E-state index contributed by atoms with van der Waals surface area (Å²) in [6, 6.07) is 9.86. The molecule has 1 atom stereocenters. The highest BCUT2D eigenvalue weighted by atomic mass is 32.2. The SMILES string of the molecule is O=C(O)CCC1CN(S(=O)(=O)c2cccc(C(F)(F)F)c2)c2cc(-c3cc(F)cc(OC(F)F)c3)ccc2O1. The van der Waals surface area contributed by atoms with Gasteiger partial charge in [0.15, 0.2) is 0 Å². The Morgan fingerprint density at radius 1 is 1.08 bits per heavy atom. The van der Waals surface area contributed by atoms with Crippen LogP contribution in [-0.4, -0.2) is 38.8 Å². The third-order valence-electron chi connectivity index (χ3n) is 5.75. The summed E-state index contributed by atoms with van der Waals surface area (Å²) in [4.78, 5) is 10.4. The third kappa shape index (κ3) is 6.38. The summed E-state index contributed by atoms with van der Waals surface area (Å²) in [5, 5.41) is 9.03. The number of hydrogen-bond donors (Lipinski definition) is 1. The second-order valence-electron chi connectivity index (χ2n) is 8.47. The molecule has 208 valence electrons. The number of anilines is 1. The molecule has 3 aromatic carbocycles. The van der Waals surface area contributed by atoms with Crippen molar-refractivity contribution in [2.45, 2.75) is 36.6 Å². The molecule has 4 rings (SSSR count). The number of nitrogens with zero attached hydrogens (tertiary/aromatic N) is 1. The Hall–Kier alpha value is -3.94. The minimum Gasteiger partial charge on any atom is -0.486 e. The van der Waals surface area contributed by atoms with E-state index in [0.29, 0.717) is 12.1 Å². The van der Waals surface area contributed by atoms with Crippen LogP contribution in [0.1, 0.15) is 18.4 Å². The van der Waals surface area contributed by atoms with Gasteiger partial charge in [-0.1, -0.05) is 12.1 Å². The number of carboxylic acids is 1. The summed E-state index contributed by atoms with van der Waals surface area (Å²) in [7, 11) is -4.65. The van der Waals surface area contributed by atoms with Gasteiger partial charge in [-0.25, -0.2) is 12.8 Å². The maximum Gasteiger partial charge on any atom is 0.416 e. The fraction of sp³-hybridized carbons (Fsp3) is 0.240. The lowest BCUT2D eigenvalue weighted by molar-refractivity contribution is -0.138. The minimum absolute atomic E-state index is 0.0311. The second kappa shape index (κ2) is 10.7. The van der Waals surface area contributed by atoms with Crippen LogP contribution in [0.4, 0.5) is 32.0 Å². The van der Waals surface area contributed by atoms with Crippen molar-refractivity contribution < 1.29 is 54.1 Å². The van der Waals surface area contributed by atoms with Crippen LogP contribution in [0.3, 0.4) is 0 Å². The molecule has 1 unspecified atom stereocenters. The fourth-order valence-electron chi connectivity index (χ4n) is 4.01. The molecular weight excluding hydrogens is 556 g/mol. The molecule has 1 aliphatic rings. The van der Waals surface area contributed by atoms with E-state index in [4.69, 9.17) is 9.84 Å². The predicted molar refractivity (Wildman–Crippen MR) is 126 cm³/mol. The molecule has 1 N–H and O–H groups in total. The van der Waals surface area contributed by atoms with Crippen molar-refractivity contribution in [3.05, 3.63) is 72.0 Å². The molecule has 1 heterocycles. The Morgan fingerprint density at radius 3 is 2.49 bits per heavy atom. The Balaban J connectivity index is 1.81. The first-order chi connectivity index (χ1) is 18.2. The summed E-state index contributed by atoms with van der Waals surface area (Å²) < 4.78 is 117. The van der Waals surface area contributed by atoms with Gasteiger partial charge in [-0.2, -0.15) is 22.0 Å². The molecule has 0 aromatic heterocycles. The molecule has 14 heteroatoms. The number of carbonyl (C=O) groups is 1. The minimum atomic E-state index is -4.82. The predicted octanol–water partition coefficient (Wildman–Crippen LogP) is 5.93. The van der Waals surface area contributed by atoms with Gasteiger partial charge in [-0.05, 0) is 60.0 Å². The number of ether oxygens (including phenoxy) is 2. The van der Waals surface area contributed by atoms with Crippen LogP contribution >= 0.6 is 0 Å². The van der Waals surface area contributed by atoms with Crippen molar-refractivity contribution in [2.24, 2.45) is 0 Å². The zero-order valence-electron chi connectivity index (χ0n) is 19.7. The molecule has 0 aliphatic carbocycles. The van der Waals surface area contributed by atoms with Gasteiger partial charge in [0.2, 0.25) is 0 Å². The summed E-state index contributed by atoms with van der Waals surface area (Å²) >= 11 is 0. The Kier molecular flexibility index (Phi) is 7.68. The van der Waals surface area contributed by atoms with Crippen molar-refractivity contribution in [1.82, 2.24) is 0 Å². The van der Waals surface area contributed by atoms with Crippen molar-refractivity contribution in [3.63, 3.8) is 0 Å². The van der Waals surface area contributed by atoms with E-state index >= 15 is 0 Å². The molecule has 0 spiro atoms. The Labute approximate surface area is 218 Å². The quantitative estimate of drug-likeness (QED) is 0.335. The molecule has 0 saturated carbocycles. The summed E-state index contributed by atoms with van der Waals surface area (Å²) in [5.74, 6) is -2.60. The summed E-state index contributed by atoms with van der Waals surface area (Å²) in [5.41, 5.74) is -1.13. The highest BCUT2D eigenvalue weighted by Crippen LogP contribution is 2.42. The van der Waals surface area contributed by atoms with Gasteiger partial charge < -0.3 is 14.6 Å². The number of alkyl halides is 5. The van der Waals surface area contributed by atoms with E-state index < -0.39 is 63.5 Å². The smallest absolute Gasteiger partial charge is 0.416 e. The van der Waals surface area contributed by atoms with Crippen molar-refractivity contribution in [2.75, 3.05) is 10.8 Å². The average Bonchev–Trinajstić information content (AvgIpc) is 2.85. The van der Waals surface area contributed by atoms with Crippen molar-refractivity contribution in [3.8, 4) is 22.6 Å². The number of rotatable bonds is 8. The number of halogens is 6. The molecule has 1 aliphatic heterocycles. The van der Waals surface area contributed by atoms with E-state index in [-0.39, 0.29) is 35.4 Å². The van der Waals surface area contributed by atoms with Crippen molar-refractivity contribution in [1.29, 1.82) is 0 Å². The van der Waals surface area contributed by atoms with Crippen LogP contribution in [0.2, 0.25) is 0 Å². The molecule has 7 nitrogen and oxygen atoms in total. The molecule has 0 radical (unpaired) electrons. The molecule has 3 aromatic rings. The van der Waals surface area contributed by atoms with Gasteiger partial charge in [-0.15, -0.1) is 0 Å². The van der Waals surface area contributed by atoms with Crippen LogP contribution in [0, 0.1) is 5.82 Å². The molecule has 0 saturated heterocycles. The molecule has 0 amide bonds. The largest absolute Gasteiger partial charge is 0.486 e. The second-order valence-corrected chi connectivity index (χ2v) is 10.3. The Bertz CT molecular complexity index is 1490. The normalized spacial score (nSPS) is 15.6. The van der Waals surface area contributed by atoms with E-state index in [0.717, 1.165) is 34.6 Å². The molecule has 39 heavy (non-hydrogen) atoms. The van der Waals surface area contributed by atoms with Gasteiger partial charge in [-0.3, -0.25) is 9.10 Å². The van der Waals surface area contributed by atoms with E-state index in [1.807, 2.05) is 0 Å². The number of fused-ring (bicyclic) bond motifs is 1. The zero-order valence-corrected chi connectivity index (χ0v) is 20.5. The lowest BCUT2D eigenvalue weighted by Gasteiger charge is -2.36. The molecular formula is C25H19F6NO6S. The first kappa shape index (κ1) is 28.1. The lowest BCUT2D eigenvalue weighted by atomic mass is 10.0. The molecule has 0 fully saturated rings. The van der Waals surface area contributed by atoms with Gasteiger partial charge in [0.1, 0.15) is 23.4 Å². The fourth-order valence-corrected chi connectivity index (χ4v) is 5.56. The molecule has 0 bridgehead atoms. The maximum atomic E-state index is 14.1. The average molecular weight is 575 g/mol. The number of aliphatic carboxylic acids is 1. The lowest BCUT2D eigenvalue weighted by Crippen LogP contribution is -2.43. The summed E-state index contributed by atoms with van der Waals surface area (Å²) in [6.45, 7) is -3.67. The van der Waals surface area contributed by atoms with E-state index in [9.17, 15) is 39.6 Å². The van der Waals surface area contributed by atoms with Gasteiger partial charge in [0.25, 0.3) is 10.0 Å². The van der Waals surface area contributed by atoms with Crippen LogP contribution < -0.4 is 13.8 Å². The monoisotopic (exact) mass is 575 g/mol.